The third-order valence-electron chi connectivity index (χ3n) is 13.7. The summed E-state index contributed by atoms with van der Waals surface area (Å²) in [5.74, 6) is 1.62. The number of fused-ring (bicyclic) bond motifs is 5. The summed E-state index contributed by atoms with van der Waals surface area (Å²) in [5, 5.41) is 22.3. The van der Waals surface area contributed by atoms with Crippen LogP contribution in [0.1, 0.15) is 25.0 Å². The first kappa shape index (κ1) is 34.9. The molecule has 0 saturated carbocycles. The van der Waals surface area contributed by atoms with E-state index >= 15 is 0 Å². The predicted octanol–water partition coefficient (Wildman–Crippen LogP) is 15.4. The molecule has 0 radical (unpaired) electrons. The molecule has 0 bridgehead atoms. The largest absolute Gasteiger partial charge is 0.275 e. The molecule has 290 valence electrons. The lowest BCUT2D eigenvalue weighted by molar-refractivity contribution is 0.661. The van der Waals surface area contributed by atoms with Crippen molar-refractivity contribution < 1.29 is 0 Å². The van der Waals surface area contributed by atoms with Gasteiger partial charge in [0.1, 0.15) is 0 Å². The van der Waals surface area contributed by atoms with Crippen molar-refractivity contribution in [2.24, 2.45) is 0 Å². The molecule has 62 heavy (non-hydrogen) atoms. The average molecular weight is 790 g/mol. The highest BCUT2D eigenvalue weighted by Gasteiger charge is 2.36. The standard InChI is InChI=1S/C59H39N3/c1-59(2)51-23-12-11-20-43(51)48-34-49-50(35-52(48)59)56(47-33-29-39-25-24-36-18-13-19-37-28-32-46(47)55(39)53(36)37)45-22-10-9-21-44(45)54(49)38-26-30-42(31-27-38)62-57(40-14-5-3-6-15-40)60-61-58(62)41-16-7-4-8-17-41/h3-35H,1-2H3. The minimum absolute atomic E-state index is 0.154. The van der Waals surface area contributed by atoms with Crippen LogP contribution in [0.3, 0.4) is 0 Å². The van der Waals surface area contributed by atoms with E-state index in [2.05, 4.69) is 206 Å². The van der Waals surface area contributed by atoms with Gasteiger partial charge in [-0.15, -0.1) is 10.2 Å². The molecular formula is C59H39N3. The molecule has 12 aromatic rings. The SMILES string of the molecule is CC1(C)c2ccccc2-c2cc3c(-c4ccc(-n5c(-c6ccccc6)nnc5-c5ccccc5)cc4)c4ccccc4c(-c4ccc5ccc6cccc7ccc4c5c67)c3cc21. The quantitative estimate of drug-likeness (QED) is 0.128. The summed E-state index contributed by atoms with van der Waals surface area (Å²) in [4.78, 5) is 0. The van der Waals surface area contributed by atoms with E-state index in [4.69, 9.17) is 10.2 Å². The Morgan fingerprint density at radius 3 is 1.61 bits per heavy atom. The second kappa shape index (κ2) is 13.1. The van der Waals surface area contributed by atoms with Gasteiger partial charge in [0.05, 0.1) is 0 Å². The van der Waals surface area contributed by atoms with Gasteiger partial charge in [0.2, 0.25) is 0 Å². The van der Waals surface area contributed by atoms with Crippen LogP contribution in [-0.2, 0) is 5.41 Å². The molecule has 0 atom stereocenters. The lowest BCUT2D eigenvalue weighted by Crippen LogP contribution is -2.14. The van der Waals surface area contributed by atoms with Crippen LogP contribution in [0, 0.1) is 0 Å². The third-order valence-corrected chi connectivity index (χ3v) is 13.7. The van der Waals surface area contributed by atoms with Gasteiger partial charge in [0.15, 0.2) is 11.6 Å². The number of aromatic nitrogens is 3. The maximum absolute atomic E-state index is 4.76. The topological polar surface area (TPSA) is 30.7 Å². The normalized spacial score (nSPS) is 13.1. The molecule has 0 spiro atoms. The maximum atomic E-state index is 4.76. The molecule has 1 heterocycles. The van der Waals surface area contributed by atoms with Gasteiger partial charge in [0.25, 0.3) is 0 Å². The zero-order valence-electron chi connectivity index (χ0n) is 34.4. The minimum Gasteiger partial charge on any atom is -0.275 e. The lowest BCUT2D eigenvalue weighted by atomic mass is 9.79. The average Bonchev–Trinajstić information content (AvgIpc) is 3.87. The van der Waals surface area contributed by atoms with Gasteiger partial charge in [-0.25, -0.2) is 0 Å². The van der Waals surface area contributed by atoms with E-state index in [0.717, 1.165) is 34.0 Å². The maximum Gasteiger partial charge on any atom is 0.168 e. The fourth-order valence-electron chi connectivity index (χ4n) is 10.8. The Balaban J connectivity index is 1.10. The Hall–Kier alpha value is -7.88. The fraction of sp³-hybridized carbons (Fsp3) is 0.0508. The first-order chi connectivity index (χ1) is 30.5. The van der Waals surface area contributed by atoms with Crippen LogP contribution in [0.2, 0.25) is 0 Å². The molecular weight excluding hydrogens is 751 g/mol. The molecule has 3 nitrogen and oxygen atoms in total. The van der Waals surface area contributed by atoms with E-state index < -0.39 is 0 Å². The van der Waals surface area contributed by atoms with Crippen LogP contribution in [0.15, 0.2) is 200 Å². The fourth-order valence-corrected chi connectivity index (χ4v) is 10.8. The van der Waals surface area contributed by atoms with E-state index in [-0.39, 0.29) is 5.41 Å². The van der Waals surface area contributed by atoms with Crippen LogP contribution in [-0.4, -0.2) is 14.8 Å². The number of rotatable bonds is 5. The smallest absolute Gasteiger partial charge is 0.168 e. The summed E-state index contributed by atoms with van der Waals surface area (Å²) in [6.45, 7) is 4.77. The first-order valence-corrected chi connectivity index (χ1v) is 21.5. The Morgan fingerprint density at radius 2 is 0.919 bits per heavy atom. The van der Waals surface area contributed by atoms with Crippen molar-refractivity contribution in [1.82, 2.24) is 14.8 Å². The Bertz CT molecular complexity index is 3670. The highest BCUT2D eigenvalue weighted by atomic mass is 15.3. The van der Waals surface area contributed by atoms with E-state index in [9.17, 15) is 0 Å². The van der Waals surface area contributed by atoms with E-state index in [0.29, 0.717) is 0 Å². The van der Waals surface area contributed by atoms with Crippen molar-refractivity contribution in [2.45, 2.75) is 19.3 Å². The molecule has 0 unspecified atom stereocenters. The minimum atomic E-state index is -0.154. The molecule has 1 aliphatic rings. The molecule has 0 fully saturated rings. The second-order valence-electron chi connectivity index (χ2n) is 17.3. The van der Waals surface area contributed by atoms with Crippen LogP contribution < -0.4 is 0 Å². The Kier molecular flexibility index (Phi) is 7.36. The van der Waals surface area contributed by atoms with Crippen molar-refractivity contribution >= 4 is 53.9 Å². The summed E-state index contributed by atoms with van der Waals surface area (Å²) in [7, 11) is 0. The van der Waals surface area contributed by atoms with Gasteiger partial charge in [-0.1, -0.05) is 190 Å². The van der Waals surface area contributed by atoms with Gasteiger partial charge >= 0.3 is 0 Å². The highest BCUT2D eigenvalue weighted by Crippen LogP contribution is 2.54. The Labute approximate surface area is 359 Å². The summed E-state index contributed by atoms with van der Waals surface area (Å²) in [5.41, 5.74) is 13.2. The number of hydrogen-bond acceptors (Lipinski definition) is 2. The van der Waals surface area contributed by atoms with Gasteiger partial charge in [0, 0.05) is 22.2 Å². The van der Waals surface area contributed by atoms with Crippen molar-refractivity contribution in [2.75, 3.05) is 0 Å². The Morgan fingerprint density at radius 1 is 0.355 bits per heavy atom. The summed E-state index contributed by atoms with van der Waals surface area (Å²) >= 11 is 0. The van der Waals surface area contributed by atoms with E-state index in [1.54, 1.807) is 0 Å². The molecule has 1 aliphatic carbocycles. The molecule has 13 rings (SSSR count). The van der Waals surface area contributed by atoms with Crippen molar-refractivity contribution in [3.63, 3.8) is 0 Å². The second-order valence-corrected chi connectivity index (χ2v) is 17.3. The van der Waals surface area contributed by atoms with E-state index in [1.807, 2.05) is 12.1 Å². The zero-order valence-corrected chi connectivity index (χ0v) is 34.4. The van der Waals surface area contributed by atoms with Crippen LogP contribution in [0.4, 0.5) is 0 Å². The number of hydrogen-bond donors (Lipinski definition) is 0. The van der Waals surface area contributed by atoms with Gasteiger partial charge in [-0.2, -0.15) is 0 Å². The van der Waals surface area contributed by atoms with E-state index in [1.165, 1.54) is 92.8 Å². The van der Waals surface area contributed by atoms with Crippen molar-refractivity contribution in [3.05, 3.63) is 211 Å². The van der Waals surface area contributed by atoms with Crippen molar-refractivity contribution in [3.8, 4) is 61.8 Å². The first-order valence-electron chi connectivity index (χ1n) is 21.5. The summed E-state index contributed by atoms with van der Waals surface area (Å²) in [6.07, 6.45) is 0. The van der Waals surface area contributed by atoms with Gasteiger partial charge in [-0.05, 0) is 123 Å². The zero-order chi connectivity index (χ0) is 41.1. The summed E-state index contributed by atoms with van der Waals surface area (Å²) in [6, 6.07) is 73.4. The molecule has 3 heteroatoms. The highest BCUT2D eigenvalue weighted by molar-refractivity contribution is 6.29. The van der Waals surface area contributed by atoms with Gasteiger partial charge in [-0.3, -0.25) is 4.57 Å². The third kappa shape index (κ3) is 4.94. The summed E-state index contributed by atoms with van der Waals surface area (Å²) < 4.78 is 2.19. The monoisotopic (exact) mass is 789 g/mol. The molecule has 0 saturated heterocycles. The number of benzene rings is 11. The van der Waals surface area contributed by atoms with Gasteiger partial charge < -0.3 is 0 Å². The molecule has 0 aliphatic heterocycles. The van der Waals surface area contributed by atoms with Crippen LogP contribution >= 0.6 is 0 Å². The molecule has 0 N–H and O–H groups in total. The molecule has 0 amide bonds. The molecule has 11 aromatic carbocycles. The van der Waals surface area contributed by atoms with Crippen molar-refractivity contribution in [1.29, 1.82) is 0 Å². The number of nitrogens with zero attached hydrogens (tertiary/aromatic N) is 3. The predicted molar refractivity (Wildman–Crippen MR) is 259 cm³/mol. The van der Waals surface area contributed by atoms with Crippen LogP contribution in [0.25, 0.3) is 116 Å². The van der Waals surface area contributed by atoms with Crippen LogP contribution in [0.5, 0.6) is 0 Å². The molecule has 1 aromatic heterocycles. The lowest BCUT2D eigenvalue weighted by Gasteiger charge is -2.24.